The highest BCUT2D eigenvalue weighted by molar-refractivity contribution is 5.93. The summed E-state index contributed by atoms with van der Waals surface area (Å²) in [5, 5.41) is 11.5. The average Bonchev–Trinajstić information content (AvgIpc) is 2.54. The van der Waals surface area contributed by atoms with Gasteiger partial charge >= 0.3 is 0 Å². The molecular formula is C16H15N4O2+. The lowest BCUT2D eigenvalue weighted by Crippen LogP contribution is -2.44. The minimum absolute atomic E-state index is 0.240. The fourth-order valence-electron chi connectivity index (χ4n) is 1.89. The molecule has 0 aliphatic carbocycles. The predicted molar refractivity (Wildman–Crippen MR) is 79.7 cm³/mol. The number of nitrogens with one attached hydrogen (secondary N) is 1. The van der Waals surface area contributed by atoms with Gasteiger partial charge in [-0.25, -0.2) is 0 Å². The van der Waals surface area contributed by atoms with Gasteiger partial charge in [0, 0.05) is 18.7 Å². The Balaban J connectivity index is 2.13. The first-order chi connectivity index (χ1) is 10.5. The summed E-state index contributed by atoms with van der Waals surface area (Å²) in [6, 6.07) is 11.3. The maximum absolute atomic E-state index is 12.2. The van der Waals surface area contributed by atoms with Crippen molar-refractivity contribution >= 4 is 17.5 Å². The molecule has 2 amide bonds. The zero-order valence-electron chi connectivity index (χ0n) is 12.0. The van der Waals surface area contributed by atoms with Crippen molar-refractivity contribution in [2.45, 2.75) is 13.0 Å². The van der Waals surface area contributed by atoms with Crippen molar-refractivity contribution in [2.75, 3.05) is 5.32 Å². The van der Waals surface area contributed by atoms with Gasteiger partial charge in [-0.1, -0.05) is 0 Å². The third-order valence-electron chi connectivity index (χ3n) is 3.21. The van der Waals surface area contributed by atoms with Crippen molar-refractivity contribution in [1.29, 1.82) is 5.26 Å². The van der Waals surface area contributed by atoms with E-state index in [1.54, 1.807) is 54.1 Å². The zero-order valence-corrected chi connectivity index (χ0v) is 12.0. The number of amides is 2. The molecule has 1 aromatic carbocycles. The third-order valence-corrected chi connectivity index (χ3v) is 3.21. The zero-order chi connectivity index (χ0) is 16.1. The highest BCUT2D eigenvalue weighted by Gasteiger charge is 2.22. The molecule has 1 heterocycles. The summed E-state index contributed by atoms with van der Waals surface area (Å²) in [6.07, 6.45) is 3.22. The van der Waals surface area contributed by atoms with E-state index in [9.17, 15) is 9.59 Å². The average molecular weight is 295 g/mol. The normalized spacial score (nSPS) is 11.3. The molecule has 2 rings (SSSR count). The van der Waals surface area contributed by atoms with E-state index in [0.717, 1.165) is 0 Å². The number of rotatable bonds is 4. The number of nitrogens with two attached hydrogens (primary N) is 1. The van der Waals surface area contributed by atoms with Gasteiger partial charge in [-0.15, -0.1) is 0 Å². The molecule has 0 aliphatic heterocycles. The van der Waals surface area contributed by atoms with E-state index in [2.05, 4.69) is 5.32 Å². The molecule has 110 valence electrons. The first kappa shape index (κ1) is 15.2. The number of hydrogen-bond acceptors (Lipinski definition) is 3. The molecular weight excluding hydrogens is 280 g/mol. The topological polar surface area (TPSA) is 99.9 Å². The largest absolute Gasteiger partial charge is 0.365 e. The molecule has 0 radical (unpaired) electrons. The van der Waals surface area contributed by atoms with E-state index in [1.807, 2.05) is 6.07 Å². The van der Waals surface area contributed by atoms with Crippen LogP contribution in [0.5, 0.6) is 0 Å². The highest BCUT2D eigenvalue weighted by atomic mass is 16.2. The fraction of sp³-hybridized carbons (Fsp3) is 0.125. The Labute approximate surface area is 127 Å². The van der Waals surface area contributed by atoms with E-state index in [0.29, 0.717) is 16.8 Å². The van der Waals surface area contributed by atoms with Crippen LogP contribution in [0.4, 0.5) is 5.69 Å². The maximum Gasteiger partial charge on any atom is 0.293 e. The van der Waals surface area contributed by atoms with Gasteiger partial charge in [0.1, 0.15) is 5.56 Å². The van der Waals surface area contributed by atoms with E-state index < -0.39 is 11.9 Å². The van der Waals surface area contributed by atoms with Gasteiger partial charge in [-0.2, -0.15) is 9.83 Å². The van der Waals surface area contributed by atoms with Gasteiger partial charge in [-0.05, 0) is 30.3 Å². The summed E-state index contributed by atoms with van der Waals surface area (Å²) in [6.45, 7) is 1.71. The van der Waals surface area contributed by atoms with Crippen LogP contribution in [0.3, 0.4) is 0 Å². The number of carbonyl (C=O) groups excluding carboxylic acids is 2. The number of benzene rings is 1. The molecule has 0 fully saturated rings. The fourth-order valence-corrected chi connectivity index (χ4v) is 1.89. The van der Waals surface area contributed by atoms with Crippen LogP contribution in [0.25, 0.3) is 0 Å². The molecule has 0 saturated heterocycles. The number of hydrogen-bond donors (Lipinski definition) is 2. The molecule has 6 heteroatoms. The summed E-state index contributed by atoms with van der Waals surface area (Å²) >= 11 is 0. The summed E-state index contributed by atoms with van der Waals surface area (Å²) < 4.78 is 1.61. The minimum atomic E-state index is -0.547. The lowest BCUT2D eigenvalue weighted by molar-refractivity contribution is -0.705. The summed E-state index contributed by atoms with van der Waals surface area (Å²) in [7, 11) is 0. The van der Waals surface area contributed by atoms with Gasteiger partial charge in [-0.3, -0.25) is 9.59 Å². The van der Waals surface area contributed by atoms with Crippen molar-refractivity contribution in [3.05, 3.63) is 59.9 Å². The van der Waals surface area contributed by atoms with E-state index in [4.69, 9.17) is 11.0 Å². The summed E-state index contributed by atoms with van der Waals surface area (Å²) in [5.74, 6) is -0.787. The van der Waals surface area contributed by atoms with Crippen LogP contribution in [0, 0.1) is 11.3 Å². The summed E-state index contributed by atoms with van der Waals surface area (Å²) in [4.78, 5) is 23.4. The molecule has 0 unspecified atom stereocenters. The third kappa shape index (κ3) is 3.46. The molecule has 1 atom stereocenters. The number of anilines is 1. The number of primary amides is 1. The molecule has 22 heavy (non-hydrogen) atoms. The van der Waals surface area contributed by atoms with Crippen LogP contribution >= 0.6 is 0 Å². The molecule has 0 saturated carbocycles. The Hall–Kier alpha value is -3.20. The standard InChI is InChI=1S/C16H14N4O2/c1-11(20-8-2-3-13(10-20)15(18)21)16(22)19-14-6-4-12(9-17)5-7-14/h2-8,10-11H,1H3,(H2-,18,19,21,22)/p+1/t11-/m1/s1. The Morgan fingerprint density at radius 1 is 1.27 bits per heavy atom. The number of pyridine rings is 1. The predicted octanol–water partition coefficient (Wildman–Crippen LogP) is 1.14. The van der Waals surface area contributed by atoms with Crippen molar-refractivity contribution in [3.63, 3.8) is 0 Å². The van der Waals surface area contributed by atoms with Crippen LogP contribution in [0.15, 0.2) is 48.8 Å². The van der Waals surface area contributed by atoms with Crippen LogP contribution < -0.4 is 15.6 Å². The summed E-state index contributed by atoms with van der Waals surface area (Å²) in [5.41, 5.74) is 6.69. The van der Waals surface area contributed by atoms with Crippen LogP contribution in [0.2, 0.25) is 0 Å². The Morgan fingerprint density at radius 2 is 1.95 bits per heavy atom. The van der Waals surface area contributed by atoms with Crippen LogP contribution in [-0.4, -0.2) is 11.8 Å². The van der Waals surface area contributed by atoms with Crippen molar-refractivity contribution < 1.29 is 14.2 Å². The number of nitrogens with zero attached hydrogens (tertiary/aromatic N) is 2. The van der Waals surface area contributed by atoms with E-state index in [-0.39, 0.29) is 5.91 Å². The molecule has 1 aromatic heterocycles. The number of nitriles is 1. The quantitative estimate of drug-likeness (QED) is 0.827. The second-order valence-electron chi connectivity index (χ2n) is 4.76. The Kier molecular flexibility index (Phi) is 4.49. The second-order valence-corrected chi connectivity index (χ2v) is 4.76. The molecule has 2 aromatic rings. The van der Waals surface area contributed by atoms with Crippen molar-refractivity contribution in [1.82, 2.24) is 0 Å². The SMILES string of the molecule is C[C@H](C(=O)Nc1ccc(C#N)cc1)[n+]1cccc(C(N)=O)c1. The number of carbonyl (C=O) groups is 2. The Morgan fingerprint density at radius 3 is 2.55 bits per heavy atom. The highest BCUT2D eigenvalue weighted by Crippen LogP contribution is 2.10. The molecule has 0 spiro atoms. The van der Waals surface area contributed by atoms with E-state index >= 15 is 0 Å². The van der Waals surface area contributed by atoms with Crippen LogP contribution in [-0.2, 0) is 4.79 Å². The lowest BCUT2D eigenvalue weighted by atomic mass is 10.2. The van der Waals surface area contributed by atoms with Gasteiger partial charge in [0.2, 0.25) is 6.04 Å². The lowest BCUT2D eigenvalue weighted by Gasteiger charge is -2.09. The molecule has 0 aliphatic rings. The van der Waals surface area contributed by atoms with Crippen LogP contribution in [0.1, 0.15) is 28.9 Å². The number of aromatic nitrogens is 1. The monoisotopic (exact) mass is 295 g/mol. The Bertz CT molecular complexity index is 747. The molecule has 0 bridgehead atoms. The maximum atomic E-state index is 12.2. The van der Waals surface area contributed by atoms with Gasteiger partial charge in [0.05, 0.1) is 11.6 Å². The van der Waals surface area contributed by atoms with Crippen molar-refractivity contribution in [2.24, 2.45) is 5.73 Å². The van der Waals surface area contributed by atoms with Gasteiger partial charge < -0.3 is 11.1 Å². The smallest absolute Gasteiger partial charge is 0.293 e. The van der Waals surface area contributed by atoms with Gasteiger partial charge in [0.15, 0.2) is 12.4 Å². The molecule has 6 nitrogen and oxygen atoms in total. The first-order valence-electron chi connectivity index (χ1n) is 6.63. The van der Waals surface area contributed by atoms with E-state index in [1.165, 1.54) is 6.20 Å². The molecule has 3 N–H and O–H groups in total. The minimum Gasteiger partial charge on any atom is -0.365 e. The second kappa shape index (κ2) is 6.50. The van der Waals surface area contributed by atoms with Crippen molar-refractivity contribution in [3.8, 4) is 6.07 Å². The van der Waals surface area contributed by atoms with Gasteiger partial charge in [0.25, 0.3) is 11.8 Å². The first-order valence-corrected chi connectivity index (χ1v) is 6.63.